The van der Waals surface area contributed by atoms with Crippen LogP contribution in [-0.4, -0.2) is 47.5 Å². The minimum atomic E-state index is -0.954. The molecule has 0 saturated carbocycles. The first-order valence-corrected chi connectivity index (χ1v) is 7.12. The number of benzene rings is 1. The fourth-order valence-electron chi connectivity index (χ4n) is 2.30. The molecule has 0 radical (unpaired) electrons. The molecule has 1 unspecified atom stereocenters. The summed E-state index contributed by atoms with van der Waals surface area (Å²) in [6.45, 7) is 1.25. The predicted molar refractivity (Wildman–Crippen MR) is 79.0 cm³/mol. The molecule has 22 heavy (non-hydrogen) atoms. The van der Waals surface area contributed by atoms with Gasteiger partial charge in [-0.3, -0.25) is 9.59 Å². The number of rotatable bonds is 6. The Hall–Kier alpha value is -2.57. The quantitative estimate of drug-likeness (QED) is 0.709. The number of likely N-dealkylation sites (tertiary alicyclic amines) is 1. The molecule has 1 aliphatic heterocycles. The highest BCUT2D eigenvalue weighted by molar-refractivity contribution is 5.86. The van der Waals surface area contributed by atoms with Gasteiger partial charge in [0.2, 0.25) is 5.91 Å². The van der Waals surface area contributed by atoms with Gasteiger partial charge in [-0.2, -0.15) is 0 Å². The van der Waals surface area contributed by atoms with Gasteiger partial charge >= 0.3 is 12.0 Å². The number of hydrogen-bond donors (Lipinski definition) is 3. The monoisotopic (exact) mass is 305 g/mol. The molecule has 1 aliphatic rings. The Kier molecular flexibility index (Phi) is 5.35. The Morgan fingerprint density at radius 2 is 1.95 bits per heavy atom. The zero-order valence-electron chi connectivity index (χ0n) is 12.1. The van der Waals surface area contributed by atoms with Crippen molar-refractivity contribution in [3.05, 3.63) is 35.9 Å². The van der Waals surface area contributed by atoms with E-state index in [9.17, 15) is 14.4 Å². The van der Waals surface area contributed by atoms with E-state index in [-0.39, 0.29) is 24.9 Å². The molecule has 3 N–H and O–H groups in total. The number of amides is 3. The average Bonchev–Trinajstić information content (AvgIpc) is 2.88. The number of nitrogens with one attached hydrogen (secondary N) is 2. The highest BCUT2D eigenvalue weighted by Crippen LogP contribution is 2.16. The number of hydrogen-bond acceptors (Lipinski definition) is 3. The van der Waals surface area contributed by atoms with Crippen LogP contribution < -0.4 is 10.6 Å². The van der Waals surface area contributed by atoms with Crippen LogP contribution in [0, 0.1) is 5.92 Å². The number of aliphatic carboxylic acids is 1. The Balaban J connectivity index is 1.65. The molecular formula is C15H19N3O4. The highest BCUT2D eigenvalue weighted by atomic mass is 16.4. The molecule has 2 rings (SSSR count). The van der Waals surface area contributed by atoms with E-state index in [4.69, 9.17) is 5.11 Å². The summed E-state index contributed by atoms with van der Waals surface area (Å²) >= 11 is 0. The molecule has 1 aromatic carbocycles. The largest absolute Gasteiger partial charge is 0.481 e. The van der Waals surface area contributed by atoms with Crippen LogP contribution in [0.4, 0.5) is 4.79 Å². The molecule has 1 fully saturated rings. The minimum Gasteiger partial charge on any atom is -0.481 e. The molecule has 0 aromatic heterocycles. The SMILES string of the molecule is O=C(NCCN1CC(C(=O)O)CC1=O)NCc1ccccc1. The van der Waals surface area contributed by atoms with Crippen LogP contribution in [0.25, 0.3) is 0 Å². The molecule has 0 aliphatic carbocycles. The van der Waals surface area contributed by atoms with Crippen molar-refractivity contribution in [2.24, 2.45) is 5.92 Å². The lowest BCUT2D eigenvalue weighted by atomic mass is 10.1. The van der Waals surface area contributed by atoms with E-state index in [1.165, 1.54) is 4.90 Å². The van der Waals surface area contributed by atoms with Gasteiger partial charge in [-0.05, 0) is 5.56 Å². The molecule has 7 nitrogen and oxygen atoms in total. The number of carbonyl (C=O) groups excluding carboxylic acids is 2. The Labute approximate surface area is 128 Å². The van der Waals surface area contributed by atoms with Crippen molar-refractivity contribution in [2.45, 2.75) is 13.0 Å². The van der Waals surface area contributed by atoms with Gasteiger partial charge in [-0.1, -0.05) is 30.3 Å². The summed E-state index contributed by atoms with van der Waals surface area (Å²) < 4.78 is 0. The first-order valence-electron chi connectivity index (χ1n) is 7.12. The summed E-state index contributed by atoms with van der Waals surface area (Å²) in [6, 6.07) is 9.20. The van der Waals surface area contributed by atoms with Crippen molar-refractivity contribution in [1.82, 2.24) is 15.5 Å². The van der Waals surface area contributed by atoms with Gasteiger partial charge in [0.25, 0.3) is 0 Å². The van der Waals surface area contributed by atoms with E-state index in [0.29, 0.717) is 19.6 Å². The molecule has 1 atom stereocenters. The molecule has 0 bridgehead atoms. The highest BCUT2D eigenvalue weighted by Gasteiger charge is 2.33. The molecule has 1 saturated heterocycles. The van der Waals surface area contributed by atoms with Crippen molar-refractivity contribution >= 4 is 17.9 Å². The predicted octanol–water partition coefficient (Wildman–Crippen LogP) is 0.419. The van der Waals surface area contributed by atoms with E-state index in [1.54, 1.807) is 0 Å². The van der Waals surface area contributed by atoms with Crippen LogP contribution in [-0.2, 0) is 16.1 Å². The number of carbonyl (C=O) groups is 3. The summed E-state index contributed by atoms with van der Waals surface area (Å²) in [5.74, 6) is -1.78. The molecule has 118 valence electrons. The van der Waals surface area contributed by atoms with E-state index >= 15 is 0 Å². The smallest absolute Gasteiger partial charge is 0.315 e. The third-order valence-electron chi connectivity index (χ3n) is 3.53. The number of urea groups is 1. The first-order chi connectivity index (χ1) is 10.6. The lowest BCUT2D eigenvalue weighted by Gasteiger charge is -2.16. The van der Waals surface area contributed by atoms with Gasteiger partial charge in [-0.15, -0.1) is 0 Å². The zero-order valence-corrected chi connectivity index (χ0v) is 12.1. The zero-order chi connectivity index (χ0) is 15.9. The summed E-state index contributed by atoms with van der Waals surface area (Å²) in [4.78, 5) is 35.5. The van der Waals surface area contributed by atoms with Crippen LogP contribution in [0.5, 0.6) is 0 Å². The van der Waals surface area contributed by atoms with Crippen molar-refractivity contribution in [2.75, 3.05) is 19.6 Å². The van der Waals surface area contributed by atoms with Gasteiger partial charge in [0.05, 0.1) is 5.92 Å². The third kappa shape index (κ3) is 4.47. The normalized spacial score (nSPS) is 17.4. The van der Waals surface area contributed by atoms with Crippen LogP contribution >= 0.6 is 0 Å². The van der Waals surface area contributed by atoms with Gasteiger partial charge in [0.1, 0.15) is 0 Å². The molecule has 1 heterocycles. The number of nitrogens with zero attached hydrogens (tertiary/aromatic N) is 1. The van der Waals surface area contributed by atoms with Crippen LogP contribution in [0.2, 0.25) is 0 Å². The van der Waals surface area contributed by atoms with Crippen LogP contribution in [0.3, 0.4) is 0 Å². The van der Waals surface area contributed by atoms with Gasteiger partial charge < -0.3 is 20.6 Å². The van der Waals surface area contributed by atoms with Crippen LogP contribution in [0.15, 0.2) is 30.3 Å². The second kappa shape index (κ2) is 7.44. The second-order valence-corrected chi connectivity index (χ2v) is 5.17. The Bertz CT molecular complexity index is 547. The second-order valence-electron chi connectivity index (χ2n) is 5.17. The molecular weight excluding hydrogens is 286 g/mol. The topological polar surface area (TPSA) is 98.7 Å². The summed E-state index contributed by atoms with van der Waals surface area (Å²) in [6.07, 6.45) is 0.0372. The first kappa shape index (κ1) is 15.8. The summed E-state index contributed by atoms with van der Waals surface area (Å²) in [5.41, 5.74) is 0.997. The van der Waals surface area contributed by atoms with Crippen molar-refractivity contribution in [3.8, 4) is 0 Å². The van der Waals surface area contributed by atoms with E-state index in [2.05, 4.69) is 10.6 Å². The lowest BCUT2D eigenvalue weighted by Crippen LogP contribution is -2.40. The standard InChI is InChI=1S/C15H19N3O4/c19-13-8-12(14(20)21)10-18(13)7-6-16-15(22)17-9-11-4-2-1-3-5-11/h1-5,12H,6-10H2,(H,20,21)(H2,16,17,22). The van der Waals surface area contributed by atoms with Crippen LogP contribution in [0.1, 0.15) is 12.0 Å². The number of carboxylic acids is 1. The van der Waals surface area contributed by atoms with Crippen molar-refractivity contribution in [1.29, 1.82) is 0 Å². The lowest BCUT2D eigenvalue weighted by molar-refractivity contribution is -0.141. The van der Waals surface area contributed by atoms with E-state index in [0.717, 1.165) is 5.56 Å². The fourth-order valence-corrected chi connectivity index (χ4v) is 2.30. The number of carboxylic acid groups (broad SMARTS) is 1. The Morgan fingerprint density at radius 3 is 2.59 bits per heavy atom. The Morgan fingerprint density at radius 1 is 1.23 bits per heavy atom. The van der Waals surface area contributed by atoms with Gasteiger partial charge in [0.15, 0.2) is 0 Å². The summed E-state index contributed by atoms with van der Waals surface area (Å²) in [7, 11) is 0. The maximum Gasteiger partial charge on any atom is 0.315 e. The maximum absolute atomic E-state index is 11.6. The third-order valence-corrected chi connectivity index (χ3v) is 3.53. The van der Waals surface area contributed by atoms with Crippen molar-refractivity contribution < 1.29 is 19.5 Å². The molecule has 0 spiro atoms. The van der Waals surface area contributed by atoms with Gasteiger partial charge in [-0.25, -0.2) is 4.79 Å². The fraction of sp³-hybridized carbons (Fsp3) is 0.400. The average molecular weight is 305 g/mol. The molecule has 1 aromatic rings. The minimum absolute atomic E-state index is 0.0372. The maximum atomic E-state index is 11.6. The van der Waals surface area contributed by atoms with Gasteiger partial charge in [0, 0.05) is 32.6 Å². The molecule has 3 amide bonds. The molecule has 7 heteroatoms. The summed E-state index contributed by atoms with van der Waals surface area (Å²) in [5, 5.41) is 14.3. The van der Waals surface area contributed by atoms with E-state index in [1.807, 2.05) is 30.3 Å². The van der Waals surface area contributed by atoms with E-state index < -0.39 is 11.9 Å². The van der Waals surface area contributed by atoms with Crippen molar-refractivity contribution in [3.63, 3.8) is 0 Å².